The Morgan fingerprint density at radius 2 is 2.00 bits per heavy atom. The Kier molecular flexibility index (Phi) is 5.38. The molecule has 2 atom stereocenters. The van der Waals surface area contributed by atoms with Gasteiger partial charge in [-0.05, 0) is 18.4 Å². The lowest BCUT2D eigenvalue weighted by Crippen LogP contribution is -2.51. The van der Waals surface area contributed by atoms with E-state index in [1.165, 1.54) is 0 Å². The van der Waals surface area contributed by atoms with Gasteiger partial charge in [-0.2, -0.15) is 4.31 Å². The number of carboxylic acids is 1. The number of hydrogen-bond donors (Lipinski definition) is 2. The maximum absolute atomic E-state index is 12.3. The number of amides is 1. The zero-order valence-electron chi connectivity index (χ0n) is 12.8. The van der Waals surface area contributed by atoms with Crippen LogP contribution in [0.4, 0.5) is 0 Å². The first-order valence-corrected chi connectivity index (χ1v) is 9.18. The molecule has 1 fully saturated rings. The number of aliphatic carboxylic acids is 1. The number of sulfonamides is 1. The average molecular weight is 340 g/mol. The Labute approximate surface area is 135 Å². The van der Waals surface area contributed by atoms with Crippen LogP contribution in [0.5, 0.6) is 0 Å². The molecule has 1 aromatic carbocycles. The summed E-state index contributed by atoms with van der Waals surface area (Å²) >= 11 is 0. The zero-order chi connectivity index (χ0) is 17.0. The fourth-order valence-electron chi connectivity index (χ4n) is 2.72. The molecule has 1 aromatic rings. The van der Waals surface area contributed by atoms with Crippen molar-refractivity contribution in [2.24, 2.45) is 0 Å². The fourth-order valence-corrected chi connectivity index (χ4v) is 3.84. The maximum Gasteiger partial charge on any atom is 0.326 e. The average Bonchev–Trinajstić information content (AvgIpc) is 2.97. The smallest absolute Gasteiger partial charge is 0.326 e. The first kappa shape index (κ1) is 17.4. The van der Waals surface area contributed by atoms with E-state index >= 15 is 0 Å². The number of carbonyl (C=O) groups excluding carboxylic acids is 1. The van der Waals surface area contributed by atoms with Crippen molar-refractivity contribution in [2.75, 3.05) is 12.8 Å². The lowest BCUT2D eigenvalue weighted by molar-refractivity contribution is -0.142. The van der Waals surface area contributed by atoms with Crippen molar-refractivity contribution in [3.8, 4) is 0 Å². The SMILES string of the molecule is CS(=O)(=O)N1CCC[C@H]1C(=O)N[C@@H](Cc1ccccc1)C(=O)O. The molecular weight excluding hydrogens is 320 g/mol. The quantitative estimate of drug-likeness (QED) is 0.771. The summed E-state index contributed by atoms with van der Waals surface area (Å²) in [6, 6.07) is 7.03. The van der Waals surface area contributed by atoms with E-state index in [9.17, 15) is 23.1 Å². The van der Waals surface area contributed by atoms with Crippen molar-refractivity contribution in [1.82, 2.24) is 9.62 Å². The summed E-state index contributed by atoms with van der Waals surface area (Å²) < 4.78 is 24.5. The van der Waals surface area contributed by atoms with Gasteiger partial charge in [-0.25, -0.2) is 13.2 Å². The van der Waals surface area contributed by atoms with E-state index in [4.69, 9.17) is 0 Å². The highest BCUT2D eigenvalue weighted by Crippen LogP contribution is 2.20. The Hall–Kier alpha value is -1.93. The van der Waals surface area contributed by atoms with Gasteiger partial charge in [-0.1, -0.05) is 30.3 Å². The van der Waals surface area contributed by atoms with Gasteiger partial charge in [0.1, 0.15) is 12.1 Å². The van der Waals surface area contributed by atoms with E-state index in [2.05, 4.69) is 5.32 Å². The Morgan fingerprint density at radius 3 is 2.57 bits per heavy atom. The molecule has 0 radical (unpaired) electrons. The number of benzene rings is 1. The van der Waals surface area contributed by atoms with E-state index in [-0.39, 0.29) is 13.0 Å². The van der Waals surface area contributed by atoms with Gasteiger partial charge in [-0.3, -0.25) is 4.79 Å². The van der Waals surface area contributed by atoms with Crippen molar-refractivity contribution < 1.29 is 23.1 Å². The van der Waals surface area contributed by atoms with Crippen molar-refractivity contribution in [3.63, 3.8) is 0 Å². The molecule has 2 rings (SSSR count). The molecule has 1 aliphatic rings. The molecule has 1 aliphatic heterocycles. The Bertz CT molecular complexity index is 674. The minimum absolute atomic E-state index is 0.146. The summed E-state index contributed by atoms with van der Waals surface area (Å²) in [5, 5.41) is 11.8. The predicted octanol–water partition coefficient (Wildman–Crippen LogP) is 0.223. The van der Waals surface area contributed by atoms with Gasteiger partial charge in [0.15, 0.2) is 0 Å². The van der Waals surface area contributed by atoms with Crippen LogP contribution in [0, 0.1) is 0 Å². The minimum Gasteiger partial charge on any atom is -0.480 e. The molecular formula is C15H20N2O5S. The lowest BCUT2D eigenvalue weighted by Gasteiger charge is -2.23. The summed E-state index contributed by atoms with van der Waals surface area (Å²) in [5.74, 6) is -1.71. The van der Waals surface area contributed by atoms with Gasteiger partial charge in [-0.15, -0.1) is 0 Å². The molecule has 8 heteroatoms. The summed E-state index contributed by atoms with van der Waals surface area (Å²) in [6.07, 6.45) is 2.18. The third-order valence-corrected chi connectivity index (χ3v) is 5.12. The third kappa shape index (κ3) is 4.52. The van der Waals surface area contributed by atoms with Crippen LogP contribution in [0.25, 0.3) is 0 Å². The number of carboxylic acid groups (broad SMARTS) is 1. The number of nitrogens with zero attached hydrogens (tertiary/aromatic N) is 1. The number of nitrogens with one attached hydrogen (secondary N) is 1. The van der Waals surface area contributed by atoms with Crippen LogP contribution in [-0.2, 0) is 26.0 Å². The molecule has 0 saturated carbocycles. The van der Waals surface area contributed by atoms with Crippen LogP contribution in [0.3, 0.4) is 0 Å². The summed E-state index contributed by atoms with van der Waals surface area (Å²) in [4.78, 5) is 23.7. The van der Waals surface area contributed by atoms with E-state index < -0.39 is 34.0 Å². The van der Waals surface area contributed by atoms with E-state index in [0.29, 0.717) is 12.8 Å². The van der Waals surface area contributed by atoms with Gasteiger partial charge in [0, 0.05) is 13.0 Å². The van der Waals surface area contributed by atoms with Gasteiger partial charge < -0.3 is 10.4 Å². The zero-order valence-corrected chi connectivity index (χ0v) is 13.6. The number of carbonyl (C=O) groups is 2. The molecule has 0 aromatic heterocycles. The van der Waals surface area contributed by atoms with E-state index in [1.54, 1.807) is 24.3 Å². The molecule has 1 saturated heterocycles. The largest absolute Gasteiger partial charge is 0.480 e. The van der Waals surface area contributed by atoms with Gasteiger partial charge in [0.25, 0.3) is 0 Å². The second kappa shape index (κ2) is 7.10. The van der Waals surface area contributed by atoms with Crippen LogP contribution >= 0.6 is 0 Å². The molecule has 0 bridgehead atoms. The normalized spacial score (nSPS) is 20.1. The van der Waals surface area contributed by atoms with Gasteiger partial charge in [0.2, 0.25) is 15.9 Å². The molecule has 1 heterocycles. The molecule has 126 valence electrons. The third-order valence-electron chi connectivity index (χ3n) is 3.83. The molecule has 0 aliphatic carbocycles. The predicted molar refractivity (Wildman–Crippen MR) is 84.3 cm³/mol. The summed E-state index contributed by atoms with van der Waals surface area (Å²) in [6.45, 7) is 0.285. The number of rotatable bonds is 6. The van der Waals surface area contributed by atoms with Crippen LogP contribution in [0.2, 0.25) is 0 Å². The molecule has 2 N–H and O–H groups in total. The van der Waals surface area contributed by atoms with Crippen molar-refractivity contribution in [1.29, 1.82) is 0 Å². The first-order valence-electron chi connectivity index (χ1n) is 7.33. The second-order valence-electron chi connectivity index (χ2n) is 5.62. The van der Waals surface area contributed by atoms with Crippen LogP contribution in [-0.4, -0.2) is 54.6 Å². The van der Waals surface area contributed by atoms with Crippen LogP contribution in [0.15, 0.2) is 30.3 Å². The topological polar surface area (TPSA) is 104 Å². The highest BCUT2D eigenvalue weighted by Gasteiger charge is 2.37. The summed E-state index contributed by atoms with van der Waals surface area (Å²) in [5.41, 5.74) is 0.784. The van der Waals surface area contributed by atoms with Crippen molar-refractivity contribution >= 4 is 21.9 Å². The Morgan fingerprint density at radius 1 is 1.35 bits per heavy atom. The fraction of sp³-hybridized carbons (Fsp3) is 0.467. The van der Waals surface area contributed by atoms with Crippen LogP contribution < -0.4 is 5.32 Å². The molecule has 1 amide bonds. The van der Waals surface area contributed by atoms with Crippen LogP contribution in [0.1, 0.15) is 18.4 Å². The molecule has 0 spiro atoms. The highest BCUT2D eigenvalue weighted by atomic mass is 32.2. The lowest BCUT2D eigenvalue weighted by atomic mass is 10.1. The second-order valence-corrected chi connectivity index (χ2v) is 7.56. The van der Waals surface area contributed by atoms with E-state index in [0.717, 1.165) is 16.1 Å². The molecule has 23 heavy (non-hydrogen) atoms. The Balaban J connectivity index is 2.08. The first-order chi connectivity index (χ1) is 10.8. The molecule has 7 nitrogen and oxygen atoms in total. The van der Waals surface area contributed by atoms with Crippen molar-refractivity contribution in [3.05, 3.63) is 35.9 Å². The minimum atomic E-state index is -3.49. The van der Waals surface area contributed by atoms with Gasteiger partial charge >= 0.3 is 5.97 Å². The maximum atomic E-state index is 12.3. The highest BCUT2D eigenvalue weighted by molar-refractivity contribution is 7.88. The van der Waals surface area contributed by atoms with E-state index in [1.807, 2.05) is 6.07 Å². The number of hydrogen-bond acceptors (Lipinski definition) is 4. The summed E-state index contributed by atoms with van der Waals surface area (Å²) in [7, 11) is -3.49. The molecule has 0 unspecified atom stereocenters. The van der Waals surface area contributed by atoms with Gasteiger partial charge in [0.05, 0.1) is 6.26 Å². The monoisotopic (exact) mass is 340 g/mol. The standard InChI is InChI=1S/C15H20N2O5S/c1-23(21,22)17-9-5-8-13(17)14(18)16-12(15(19)20)10-11-6-3-2-4-7-11/h2-4,6-7,12-13H,5,8-10H2,1H3,(H,16,18)(H,19,20)/t12-,13-/m0/s1. The van der Waals surface area contributed by atoms with Crippen molar-refractivity contribution in [2.45, 2.75) is 31.3 Å².